The van der Waals surface area contributed by atoms with Crippen LogP contribution in [0.15, 0.2) is 34.1 Å². The van der Waals surface area contributed by atoms with Crippen LogP contribution < -0.4 is 5.56 Å². The van der Waals surface area contributed by atoms with E-state index in [0.29, 0.717) is 26.6 Å². The van der Waals surface area contributed by atoms with Gasteiger partial charge < -0.3 is 20.3 Å². The van der Waals surface area contributed by atoms with Gasteiger partial charge in [0.25, 0.3) is 5.56 Å². The summed E-state index contributed by atoms with van der Waals surface area (Å²) in [6, 6.07) is 1.69. The molecule has 1 aromatic heterocycles. The third-order valence-corrected chi connectivity index (χ3v) is 9.91. The lowest BCUT2D eigenvalue weighted by atomic mass is 9.76. The summed E-state index contributed by atoms with van der Waals surface area (Å²) in [4.78, 5) is 75.2. The number of aliphatic imine (C=N–C) groups is 1. The quantitative estimate of drug-likeness (QED) is 0.0931. The molecule has 0 bridgehead atoms. The maximum Gasteiger partial charge on any atom is 0.260 e. The molecule has 0 radical (unpaired) electrons. The van der Waals surface area contributed by atoms with E-state index in [2.05, 4.69) is 9.98 Å². The van der Waals surface area contributed by atoms with Crippen molar-refractivity contribution in [2.24, 2.45) is 4.99 Å². The number of Topliss-reactive ketones (excluding diaryl/α,β-unsaturated/α-hetero) is 4. The minimum Gasteiger partial charge on any atom is -0.507 e. The van der Waals surface area contributed by atoms with E-state index in [0.717, 1.165) is 6.42 Å². The fourth-order valence-electron chi connectivity index (χ4n) is 6.63. The molecule has 224 valence electrons. The molecule has 44 heavy (non-hydrogen) atoms. The molecule has 3 aliphatic rings. The number of nitrogens with one attached hydrogen (secondary N) is 1. The number of hydrogen-bond donors (Lipinski definition) is 4. The number of fused-ring (bicyclic) bond motifs is 5. The number of phenols is 3. The number of nitrogens with zero attached hydrogens (tertiary/aromatic N) is 1. The van der Waals surface area contributed by atoms with Crippen molar-refractivity contribution in [3.8, 4) is 17.2 Å². The summed E-state index contributed by atoms with van der Waals surface area (Å²) in [5, 5.41) is 34.5. The Bertz CT molecular complexity index is 2030. The molecule has 6 rings (SSSR count). The molecule has 1 atom stereocenters. The van der Waals surface area contributed by atoms with Crippen molar-refractivity contribution in [3.63, 3.8) is 0 Å². The van der Waals surface area contributed by atoms with Gasteiger partial charge in [-0.2, -0.15) is 0 Å². The summed E-state index contributed by atoms with van der Waals surface area (Å²) in [6.07, 6.45) is 8.16. The van der Waals surface area contributed by atoms with Crippen molar-refractivity contribution in [3.05, 3.63) is 77.3 Å². The molecule has 11 heteroatoms. The van der Waals surface area contributed by atoms with Crippen LogP contribution in [0.1, 0.15) is 97.8 Å². The number of ketones is 4. The van der Waals surface area contributed by atoms with E-state index >= 15 is 0 Å². The number of aromatic hydroxyl groups is 3. The summed E-state index contributed by atoms with van der Waals surface area (Å²) in [7, 11) is 0. The smallest absolute Gasteiger partial charge is 0.260 e. The third kappa shape index (κ3) is 3.91. The minimum atomic E-state index is -2.07. The number of aromatic nitrogens is 1. The van der Waals surface area contributed by atoms with Gasteiger partial charge in [0.05, 0.1) is 39.8 Å². The molecule has 10 nitrogen and oxygen atoms in total. The lowest BCUT2D eigenvalue weighted by Crippen LogP contribution is -2.36. The van der Waals surface area contributed by atoms with Crippen molar-refractivity contribution in [2.45, 2.75) is 51.4 Å². The van der Waals surface area contributed by atoms with E-state index in [1.54, 1.807) is 24.3 Å². The Kier molecular flexibility index (Phi) is 7.18. The molecule has 2 aromatic carbocycles. The van der Waals surface area contributed by atoms with Crippen molar-refractivity contribution < 1.29 is 34.5 Å². The zero-order valence-corrected chi connectivity index (χ0v) is 26.0. The number of phenolic OH excluding ortho intramolecular Hbond substituents is 3. The highest BCUT2D eigenvalue weighted by Gasteiger charge is 2.62. The van der Waals surface area contributed by atoms with E-state index in [9.17, 15) is 39.3 Å². The number of halogens is 1. The average molecular weight is 706 g/mol. The summed E-state index contributed by atoms with van der Waals surface area (Å²) in [5.74, 6) is -5.62. The molecule has 3 aromatic rings. The molecule has 0 fully saturated rings. The van der Waals surface area contributed by atoms with E-state index in [1.807, 2.05) is 42.5 Å². The molecule has 3 aliphatic carbocycles. The molecule has 1 spiro atoms. The van der Waals surface area contributed by atoms with Gasteiger partial charge in [-0.1, -0.05) is 31.6 Å². The maximum absolute atomic E-state index is 14.3. The van der Waals surface area contributed by atoms with Gasteiger partial charge in [-0.25, -0.2) is 0 Å². The second-order valence-corrected chi connectivity index (χ2v) is 12.2. The number of rotatable bonds is 5. The van der Waals surface area contributed by atoms with Crippen LogP contribution in [0.3, 0.4) is 0 Å². The molecule has 0 aliphatic heterocycles. The first-order valence-corrected chi connectivity index (χ1v) is 15.3. The number of aromatic amines is 1. The van der Waals surface area contributed by atoms with Crippen LogP contribution in [0.2, 0.25) is 0 Å². The van der Waals surface area contributed by atoms with Crippen LogP contribution in [0, 0.1) is 3.57 Å². The van der Waals surface area contributed by atoms with E-state index in [-0.39, 0.29) is 36.0 Å². The van der Waals surface area contributed by atoms with Crippen LogP contribution in [0.4, 0.5) is 0 Å². The first-order chi connectivity index (χ1) is 21.0. The molecule has 0 saturated heterocycles. The topological polar surface area (TPSA) is 174 Å². The second-order valence-electron chi connectivity index (χ2n) is 11.1. The lowest BCUT2D eigenvalue weighted by Gasteiger charge is -2.23. The van der Waals surface area contributed by atoms with Crippen molar-refractivity contribution >= 4 is 68.3 Å². The zero-order chi connectivity index (χ0) is 31.7. The van der Waals surface area contributed by atoms with Gasteiger partial charge in [-0.05, 0) is 66.5 Å². The van der Waals surface area contributed by atoms with Crippen LogP contribution in [0.5, 0.6) is 17.2 Å². The largest absolute Gasteiger partial charge is 0.507 e. The van der Waals surface area contributed by atoms with Gasteiger partial charge in [-0.15, -0.1) is 0 Å². The number of pyridine rings is 1. The molecule has 0 saturated carbocycles. The Morgan fingerprint density at radius 2 is 1.66 bits per heavy atom. The standard InChI is InChI=1S/C33H27IN2O8/c1-3-5-7-8-14-12-16-19(32(44)36-14)29(41)24-15(25(16)34)9-10-33(24)30(42)22-23(31(33)43)28(40)21-20(27(22)39)18(37)13-17(26(21)38)35-11-6-4-2/h3,5,7-8,12,39-41H,4,6,9-11,13H2,1-2H3,(H,36,44)/t33-/m0/s1. The molecular weight excluding hydrogens is 679 g/mol. The van der Waals surface area contributed by atoms with Crippen LogP contribution in [-0.4, -0.2) is 55.7 Å². The number of carbonyl (C=O) groups excluding carboxylic acids is 4. The van der Waals surface area contributed by atoms with Crippen molar-refractivity contribution in [2.75, 3.05) is 6.54 Å². The van der Waals surface area contributed by atoms with Gasteiger partial charge >= 0.3 is 0 Å². The highest BCUT2D eigenvalue weighted by Crippen LogP contribution is 2.58. The van der Waals surface area contributed by atoms with Gasteiger partial charge in [0.15, 0.2) is 17.3 Å². The summed E-state index contributed by atoms with van der Waals surface area (Å²) in [5.41, 5.74) is -4.14. The lowest BCUT2D eigenvalue weighted by molar-refractivity contribution is 0.0790. The van der Waals surface area contributed by atoms with E-state index in [1.165, 1.54) is 0 Å². The van der Waals surface area contributed by atoms with Crippen LogP contribution in [0.25, 0.3) is 16.8 Å². The number of carbonyl (C=O) groups is 4. The molecule has 4 N–H and O–H groups in total. The summed E-state index contributed by atoms with van der Waals surface area (Å²) >= 11 is 2.02. The normalized spacial score (nSPS) is 20.2. The average Bonchev–Trinajstić information content (AvgIpc) is 3.50. The number of hydrogen-bond acceptors (Lipinski definition) is 9. The Hall–Kier alpha value is -4.39. The number of H-pyrrole nitrogens is 1. The summed E-state index contributed by atoms with van der Waals surface area (Å²) < 4.78 is 0.566. The Labute approximate surface area is 264 Å². The number of benzene rings is 2. The van der Waals surface area contributed by atoms with E-state index in [4.69, 9.17) is 0 Å². The fraction of sp³-hybridized carbons (Fsp3) is 0.273. The molecule has 0 amide bonds. The first-order valence-electron chi connectivity index (χ1n) is 14.2. The van der Waals surface area contributed by atoms with Crippen LogP contribution in [-0.2, 0) is 11.8 Å². The number of unbranched alkanes of at least 4 members (excludes halogenated alkanes) is 1. The Morgan fingerprint density at radius 3 is 2.32 bits per heavy atom. The molecular formula is C33H27IN2O8. The van der Waals surface area contributed by atoms with Crippen molar-refractivity contribution in [1.29, 1.82) is 0 Å². The molecule has 1 heterocycles. The first kappa shape index (κ1) is 29.7. The monoisotopic (exact) mass is 706 g/mol. The van der Waals surface area contributed by atoms with Gasteiger partial charge in [0.2, 0.25) is 5.78 Å². The van der Waals surface area contributed by atoms with Crippen LogP contribution >= 0.6 is 22.6 Å². The zero-order valence-electron chi connectivity index (χ0n) is 23.8. The predicted octanol–water partition coefficient (Wildman–Crippen LogP) is 5.11. The van der Waals surface area contributed by atoms with Crippen molar-refractivity contribution in [1.82, 2.24) is 4.98 Å². The van der Waals surface area contributed by atoms with Gasteiger partial charge in [0.1, 0.15) is 22.7 Å². The predicted molar refractivity (Wildman–Crippen MR) is 172 cm³/mol. The van der Waals surface area contributed by atoms with Gasteiger partial charge in [-0.3, -0.25) is 29.0 Å². The maximum atomic E-state index is 14.3. The summed E-state index contributed by atoms with van der Waals surface area (Å²) in [6.45, 7) is 4.07. The fourth-order valence-corrected chi connectivity index (χ4v) is 7.59. The highest BCUT2D eigenvalue weighted by atomic mass is 127. The van der Waals surface area contributed by atoms with E-state index < -0.39 is 80.0 Å². The third-order valence-electron chi connectivity index (χ3n) is 8.67. The Morgan fingerprint density at radius 1 is 0.977 bits per heavy atom. The second kappa shape index (κ2) is 10.7. The molecule has 0 unspecified atom stereocenters. The SMILES string of the molecule is CC=CC=Cc1cc2c(I)c3c(c(O)c2c(=O)[nH]1)[C@@]1(CC3)C(=O)c2c(O)c3c(c(O)c2C1=O)C(=O)C(=NCCCC)CC3=O. The van der Waals surface area contributed by atoms with Gasteiger partial charge in [0, 0.05) is 26.8 Å². The Balaban J connectivity index is 1.57. The number of allylic oxidation sites excluding steroid dienone is 3. The highest BCUT2D eigenvalue weighted by molar-refractivity contribution is 14.1. The minimum absolute atomic E-state index is 0.0699.